The highest BCUT2D eigenvalue weighted by Gasteiger charge is 1.70. The lowest BCUT2D eigenvalue weighted by atomic mass is 10.3. The summed E-state index contributed by atoms with van der Waals surface area (Å²) in [5, 5.41) is 0. The molecule has 0 heterocycles. The maximum absolute atomic E-state index is 3.53. The van der Waals surface area contributed by atoms with Crippen LogP contribution >= 0.6 is 0 Å². The third-order valence-corrected chi connectivity index (χ3v) is 0.717. The van der Waals surface area contributed by atoms with Crippen LogP contribution in [0.3, 0.4) is 0 Å². The molecule has 0 fully saturated rings. The summed E-state index contributed by atoms with van der Waals surface area (Å²) in [5.41, 5.74) is 0. The van der Waals surface area contributed by atoms with Crippen molar-refractivity contribution >= 4 is 0 Å². The molecule has 0 heteroatoms. The Bertz CT molecular complexity index is 127. The van der Waals surface area contributed by atoms with E-state index in [2.05, 4.69) is 13.2 Å². The van der Waals surface area contributed by atoms with Gasteiger partial charge in [-0.2, -0.15) is 0 Å². The van der Waals surface area contributed by atoms with Gasteiger partial charge in [0.15, 0.2) is 0 Å². The first-order valence-corrected chi connectivity index (χ1v) is 2.82. The summed E-state index contributed by atoms with van der Waals surface area (Å²) in [4.78, 5) is 0. The number of allylic oxidation sites excluding steroid dienone is 6. The van der Waals surface area contributed by atoms with Gasteiger partial charge < -0.3 is 0 Å². The van der Waals surface area contributed by atoms with Crippen LogP contribution in [0, 0.1) is 6.42 Å². The normalized spacial score (nSPS) is 10.2. The molecule has 0 aromatic rings. The van der Waals surface area contributed by atoms with Crippen LogP contribution < -0.4 is 0 Å². The van der Waals surface area contributed by atoms with E-state index in [1.807, 2.05) is 30.7 Å². The molecule has 0 saturated heterocycles. The van der Waals surface area contributed by atoms with E-state index in [0.717, 1.165) is 0 Å². The molecule has 0 saturated carbocycles. The summed E-state index contributed by atoms with van der Waals surface area (Å²) in [6.45, 7) is 7.05. The van der Waals surface area contributed by atoms with Crippen LogP contribution in [-0.2, 0) is 0 Å². The molecule has 0 atom stereocenters. The number of rotatable bonds is 4. The molecule has 0 aliphatic heterocycles. The fraction of sp³-hybridized carbons (Fsp3) is 0. The third kappa shape index (κ3) is 6.83. The molecular formula is C9H11+. The molecular weight excluding hydrogens is 108 g/mol. The Labute approximate surface area is 56.9 Å². The molecule has 0 radical (unpaired) electrons. The van der Waals surface area contributed by atoms with Crippen molar-refractivity contribution in [3.63, 3.8) is 0 Å². The summed E-state index contributed by atoms with van der Waals surface area (Å²) < 4.78 is 0. The molecule has 46 valence electrons. The lowest BCUT2D eigenvalue weighted by Crippen LogP contribution is -1.54. The van der Waals surface area contributed by atoms with Crippen molar-refractivity contribution < 1.29 is 0 Å². The second-order valence-corrected chi connectivity index (χ2v) is 1.43. The van der Waals surface area contributed by atoms with E-state index in [4.69, 9.17) is 0 Å². The van der Waals surface area contributed by atoms with Crippen LogP contribution in [0.15, 0.2) is 49.6 Å². The van der Waals surface area contributed by atoms with Crippen molar-refractivity contribution in [2.45, 2.75) is 0 Å². The molecule has 9 heavy (non-hydrogen) atoms. The fourth-order valence-electron chi connectivity index (χ4n) is 0.350. The maximum Gasteiger partial charge on any atom is 0.0466 e. The SMILES string of the molecule is C=C/C=C/C=C/[CH+]C=C. The molecule has 0 aliphatic carbocycles. The molecule has 0 aliphatic rings. The van der Waals surface area contributed by atoms with Gasteiger partial charge in [-0.3, -0.25) is 0 Å². The van der Waals surface area contributed by atoms with Crippen molar-refractivity contribution in [1.82, 2.24) is 0 Å². The lowest BCUT2D eigenvalue weighted by Gasteiger charge is -1.66. The predicted molar refractivity (Wildman–Crippen MR) is 43.0 cm³/mol. The Morgan fingerprint density at radius 2 is 1.78 bits per heavy atom. The minimum absolute atomic E-state index is 1.73. The van der Waals surface area contributed by atoms with Crippen molar-refractivity contribution in [2.24, 2.45) is 0 Å². The van der Waals surface area contributed by atoms with Crippen molar-refractivity contribution in [2.75, 3.05) is 0 Å². The van der Waals surface area contributed by atoms with E-state index in [0.29, 0.717) is 0 Å². The highest BCUT2D eigenvalue weighted by molar-refractivity contribution is 5.14. The van der Waals surface area contributed by atoms with Gasteiger partial charge in [-0.1, -0.05) is 12.7 Å². The molecule has 0 nitrogen and oxygen atoms in total. The molecule has 0 bridgehead atoms. The van der Waals surface area contributed by atoms with Crippen LogP contribution in [0.5, 0.6) is 0 Å². The molecule has 0 aromatic carbocycles. The number of hydrogen-bond donors (Lipinski definition) is 0. The van der Waals surface area contributed by atoms with E-state index < -0.39 is 0 Å². The van der Waals surface area contributed by atoms with E-state index in [1.165, 1.54) is 0 Å². The summed E-state index contributed by atoms with van der Waals surface area (Å²) in [6, 6.07) is 0. The van der Waals surface area contributed by atoms with E-state index in [1.54, 1.807) is 12.2 Å². The van der Waals surface area contributed by atoms with Crippen LogP contribution in [0.25, 0.3) is 0 Å². The van der Waals surface area contributed by atoms with Crippen LogP contribution in [0.1, 0.15) is 0 Å². The zero-order valence-corrected chi connectivity index (χ0v) is 5.46. The van der Waals surface area contributed by atoms with Crippen molar-refractivity contribution in [3.05, 3.63) is 56.0 Å². The van der Waals surface area contributed by atoms with Gasteiger partial charge in [-0.05, 0) is 18.7 Å². The van der Waals surface area contributed by atoms with Crippen LogP contribution in [-0.4, -0.2) is 0 Å². The van der Waals surface area contributed by atoms with E-state index >= 15 is 0 Å². The third-order valence-electron chi connectivity index (χ3n) is 0.717. The van der Waals surface area contributed by atoms with Gasteiger partial charge in [-0.25, -0.2) is 0 Å². The molecule has 0 spiro atoms. The largest absolute Gasteiger partial charge is 0.0990 e. The Kier molecular flexibility index (Phi) is 5.94. The highest BCUT2D eigenvalue weighted by Crippen LogP contribution is 1.82. The zero-order valence-electron chi connectivity index (χ0n) is 5.46. The van der Waals surface area contributed by atoms with Crippen LogP contribution in [0.2, 0.25) is 0 Å². The Hall–Kier alpha value is -1.17. The average molecular weight is 119 g/mol. The van der Waals surface area contributed by atoms with Crippen molar-refractivity contribution in [1.29, 1.82) is 0 Å². The molecule has 0 amide bonds. The predicted octanol–water partition coefficient (Wildman–Crippen LogP) is 2.68. The summed E-state index contributed by atoms with van der Waals surface area (Å²) in [6.07, 6.45) is 12.9. The summed E-state index contributed by atoms with van der Waals surface area (Å²) in [7, 11) is 0. The van der Waals surface area contributed by atoms with Gasteiger partial charge in [0.1, 0.15) is 0 Å². The standard InChI is InChI=1S/C9H11/c1-3-5-7-9-8-6-4-2/h3-9H,1-2H2/q+1/b7-5+,9-8+. The quantitative estimate of drug-likeness (QED) is 0.394. The monoisotopic (exact) mass is 119 g/mol. The fourth-order valence-corrected chi connectivity index (χ4v) is 0.350. The van der Waals surface area contributed by atoms with Crippen molar-refractivity contribution in [3.8, 4) is 0 Å². The summed E-state index contributed by atoms with van der Waals surface area (Å²) >= 11 is 0. The van der Waals surface area contributed by atoms with Crippen LogP contribution in [0.4, 0.5) is 0 Å². The average Bonchev–Trinajstić information content (AvgIpc) is 1.89. The minimum Gasteiger partial charge on any atom is -0.0990 e. The second-order valence-electron chi connectivity index (χ2n) is 1.43. The Morgan fingerprint density at radius 1 is 1.00 bits per heavy atom. The first-order chi connectivity index (χ1) is 4.41. The molecule has 0 rings (SSSR count). The van der Waals surface area contributed by atoms with Gasteiger partial charge in [0, 0.05) is 24.6 Å². The topological polar surface area (TPSA) is 0 Å². The van der Waals surface area contributed by atoms with E-state index in [-0.39, 0.29) is 0 Å². The first kappa shape index (κ1) is 7.83. The molecule has 0 unspecified atom stereocenters. The summed E-state index contributed by atoms with van der Waals surface area (Å²) in [5.74, 6) is 0. The Balaban J connectivity index is 3.33. The second kappa shape index (κ2) is 6.83. The first-order valence-electron chi connectivity index (χ1n) is 2.82. The minimum atomic E-state index is 1.73. The van der Waals surface area contributed by atoms with Gasteiger partial charge >= 0.3 is 0 Å². The Morgan fingerprint density at radius 3 is 2.33 bits per heavy atom. The maximum atomic E-state index is 3.53. The van der Waals surface area contributed by atoms with Gasteiger partial charge in [0.2, 0.25) is 0 Å². The molecule has 0 aromatic heterocycles. The van der Waals surface area contributed by atoms with Gasteiger partial charge in [-0.15, -0.1) is 0 Å². The van der Waals surface area contributed by atoms with Gasteiger partial charge in [0.25, 0.3) is 0 Å². The molecule has 0 N–H and O–H groups in total. The van der Waals surface area contributed by atoms with E-state index in [9.17, 15) is 0 Å². The zero-order chi connectivity index (χ0) is 6.95. The highest BCUT2D eigenvalue weighted by atomic mass is 13.7. The van der Waals surface area contributed by atoms with Gasteiger partial charge in [0.05, 0.1) is 0 Å². The lowest BCUT2D eigenvalue weighted by molar-refractivity contribution is 1.76. The smallest absolute Gasteiger partial charge is 0.0466 e. The number of hydrogen-bond acceptors (Lipinski definition) is 0.